The van der Waals surface area contributed by atoms with Crippen LogP contribution in [0.3, 0.4) is 0 Å². The maximum absolute atomic E-state index is 10.0. The highest BCUT2D eigenvalue weighted by atomic mass is 16.3. The van der Waals surface area contributed by atoms with Gasteiger partial charge in [0.05, 0.1) is 0 Å². The highest BCUT2D eigenvalue weighted by molar-refractivity contribution is 5.57. The van der Waals surface area contributed by atoms with E-state index in [4.69, 9.17) is 10.2 Å². The average molecular weight is 153 g/mol. The van der Waals surface area contributed by atoms with Gasteiger partial charge in [0.1, 0.15) is 5.69 Å². The number of aromatic hydroxyl groups is 2. The fourth-order valence-electron chi connectivity index (χ4n) is 0.774. The van der Waals surface area contributed by atoms with Gasteiger partial charge < -0.3 is 10.2 Å². The summed E-state index contributed by atoms with van der Waals surface area (Å²) in [7, 11) is 0. The molecule has 0 aliphatic carbocycles. The van der Waals surface area contributed by atoms with E-state index in [0.29, 0.717) is 5.56 Å². The molecule has 1 aromatic rings. The van der Waals surface area contributed by atoms with Crippen molar-refractivity contribution in [3.05, 3.63) is 22.6 Å². The van der Waals surface area contributed by atoms with E-state index in [1.165, 1.54) is 19.1 Å². The van der Waals surface area contributed by atoms with Gasteiger partial charge in [-0.15, -0.1) is 4.91 Å². The molecule has 0 saturated heterocycles. The highest BCUT2D eigenvalue weighted by Gasteiger charge is 2.07. The Labute approximate surface area is 63.1 Å². The predicted octanol–water partition coefficient (Wildman–Crippen LogP) is 1.80. The quantitative estimate of drug-likeness (QED) is 0.477. The zero-order valence-corrected chi connectivity index (χ0v) is 5.90. The molecule has 1 aromatic carbocycles. The van der Waals surface area contributed by atoms with Crippen LogP contribution in [-0.4, -0.2) is 10.2 Å². The zero-order valence-electron chi connectivity index (χ0n) is 5.90. The Morgan fingerprint density at radius 3 is 2.55 bits per heavy atom. The lowest BCUT2D eigenvalue weighted by Gasteiger charge is -2.01. The lowest BCUT2D eigenvalue weighted by Crippen LogP contribution is -1.76. The SMILES string of the molecule is Cc1c(N=O)ccc(O)c1O. The number of nitrogens with zero attached hydrogens (tertiary/aromatic N) is 1. The number of rotatable bonds is 1. The maximum Gasteiger partial charge on any atom is 0.162 e. The molecule has 1 rings (SSSR count). The first-order valence-corrected chi connectivity index (χ1v) is 3.01. The minimum absolute atomic E-state index is 0.139. The molecule has 0 atom stereocenters. The van der Waals surface area contributed by atoms with E-state index < -0.39 is 0 Å². The summed E-state index contributed by atoms with van der Waals surface area (Å²) >= 11 is 0. The molecule has 0 radical (unpaired) electrons. The number of hydrogen-bond acceptors (Lipinski definition) is 4. The molecular weight excluding hydrogens is 146 g/mol. The van der Waals surface area contributed by atoms with Crippen LogP contribution in [0, 0.1) is 11.8 Å². The van der Waals surface area contributed by atoms with Crippen molar-refractivity contribution in [1.82, 2.24) is 0 Å². The minimum atomic E-state index is -0.290. The van der Waals surface area contributed by atoms with Crippen LogP contribution in [-0.2, 0) is 0 Å². The van der Waals surface area contributed by atoms with Gasteiger partial charge in [0.25, 0.3) is 0 Å². The van der Waals surface area contributed by atoms with Crippen molar-refractivity contribution < 1.29 is 10.2 Å². The fourth-order valence-corrected chi connectivity index (χ4v) is 0.774. The molecule has 58 valence electrons. The zero-order chi connectivity index (χ0) is 8.43. The van der Waals surface area contributed by atoms with Crippen molar-refractivity contribution in [2.24, 2.45) is 5.18 Å². The molecule has 4 nitrogen and oxygen atoms in total. The van der Waals surface area contributed by atoms with Crippen LogP contribution >= 0.6 is 0 Å². The molecule has 0 amide bonds. The third kappa shape index (κ3) is 1.14. The molecular formula is C7H7NO3. The summed E-state index contributed by atoms with van der Waals surface area (Å²) in [5.41, 5.74) is 0.431. The number of nitroso groups, excluding NO2 is 1. The monoisotopic (exact) mass is 153 g/mol. The normalized spacial score (nSPS) is 9.55. The second-order valence-electron chi connectivity index (χ2n) is 2.17. The predicted molar refractivity (Wildman–Crippen MR) is 40.0 cm³/mol. The molecule has 0 aliphatic rings. The van der Waals surface area contributed by atoms with Crippen molar-refractivity contribution in [3.63, 3.8) is 0 Å². The van der Waals surface area contributed by atoms with Crippen molar-refractivity contribution in [3.8, 4) is 11.5 Å². The molecule has 0 heterocycles. The smallest absolute Gasteiger partial charge is 0.162 e. The van der Waals surface area contributed by atoms with Gasteiger partial charge >= 0.3 is 0 Å². The largest absolute Gasteiger partial charge is 0.504 e. The van der Waals surface area contributed by atoms with E-state index in [2.05, 4.69) is 5.18 Å². The molecule has 2 N–H and O–H groups in total. The molecule has 0 spiro atoms. The van der Waals surface area contributed by atoms with Gasteiger partial charge in [0.2, 0.25) is 0 Å². The van der Waals surface area contributed by atoms with Crippen molar-refractivity contribution in [2.45, 2.75) is 6.92 Å². The fraction of sp³-hybridized carbons (Fsp3) is 0.143. The number of benzene rings is 1. The third-order valence-corrected chi connectivity index (χ3v) is 1.48. The Hall–Kier alpha value is -1.58. The Bertz CT molecular complexity index is 296. The van der Waals surface area contributed by atoms with Crippen molar-refractivity contribution in [2.75, 3.05) is 0 Å². The summed E-state index contributed by atoms with van der Waals surface area (Å²) in [6.45, 7) is 1.51. The molecule has 11 heavy (non-hydrogen) atoms. The van der Waals surface area contributed by atoms with Crippen LogP contribution in [0.5, 0.6) is 11.5 Å². The molecule has 0 aliphatic heterocycles. The van der Waals surface area contributed by atoms with Crippen LogP contribution in [0.1, 0.15) is 5.56 Å². The van der Waals surface area contributed by atoms with Crippen LogP contribution in [0.4, 0.5) is 5.69 Å². The third-order valence-electron chi connectivity index (χ3n) is 1.48. The molecule has 0 unspecified atom stereocenters. The van der Waals surface area contributed by atoms with Gasteiger partial charge in [-0.25, -0.2) is 0 Å². The average Bonchev–Trinajstić information content (AvgIpc) is 2.01. The lowest BCUT2D eigenvalue weighted by atomic mass is 10.2. The molecule has 0 fully saturated rings. The van der Waals surface area contributed by atoms with Crippen molar-refractivity contribution in [1.29, 1.82) is 0 Å². The molecule has 0 bridgehead atoms. The van der Waals surface area contributed by atoms with Crippen LogP contribution in [0.15, 0.2) is 17.3 Å². The number of hydrogen-bond donors (Lipinski definition) is 2. The second kappa shape index (κ2) is 2.57. The van der Waals surface area contributed by atoms with E-state index >= 15 is 0 Å². The summed E-state index contributed by atoms with van der Waals surface area (Å²) in [6, 6.07) is 2.57. The van der Waals surface area contributed by atoms with Gasteiger partial charge in [0.15, 0.2) is 11.5 Å². The molecule has 4 heteroatoms. The summed E-state index contributed by atoms with van der Waals surface area (Å²) in [6.07, 6.45) is 0. The van der Waals surface area contributed by atoms with Gasteiger partial charge in [-0.1, -0.05) is 0 Å². The standard InChI is InChI=1S/C7H7NO3/c1-4-5(8-11)2-3-6(9)7(4)10/h2-3,9-10H,1H3. The van der Waals surface area contributed by atoms with Gasteiger partial charge in [0, 0.05) is 5.56 Å². The van der Waals surface area contributed by atoms with Gasteiger partial charge in [-0.2, -0.15) is 0 Å². The van der Waals surface area contributed by atoms with E-state index in [1.54, 1.807) is 0 Å². The van der Waals surface area contributed by atoms with E-state index in [-0.39, 0.29) is 17.2 Å². The second-order valence-corrected chi connectivity index (χ2v) is 2.17. The van der Waals surface area contributed by atoms with Crippen molar-refractivity contribution >= 4 is 5.69 Å². The number of phenols is 2. The van der Waals surface area contributed by atoms with Crippen LogP contribution < -0.4 is 0 Å². The summed E-state index contributed by atoms with van der Waals surface area (Å²) in [5.74, 6) is -0.531. The Morgan fingerprint density at radius 1 is 1.36 bits per heavy atom. The van der Waals surface area contributed by atoms with Crippen LogP contribution in [0.25, 0.3) is 0 Å². The Balaban J connectivity index is 3.36. The number of phenolic OH excluding ortho intramolecular Hbond substituents is 2. The topological polar surface area (TPSA) is 69.9 Å². The summed E-state index contributed by atoms with van der Waals surface area (Å²) in [4.78, 5) is 10.0. The summed E-state index contributed by atoms with van der Waals surface area (Å²) in [5, 5.41) is 20.6. The van der Waals surface area contributed by atoms with Gasteiger partial charge in [-0.05, 0) is 24.2 Å². The molecule has 0 aromatic heterocycles. The van der Waals surface area contributed by atoms with Gasteiger partial charge in [-0.3, -0.25) is 0 Å². The molecule has 0 saturated carbocycles. The first kappa shape index (κ1) is 7.53. The Kier molecular flexibility index (Phi) is 1.76. The minimum Gasteiger partial charge on any atom is -0.504 e. The summed E-state index contributed by atoms with van der Waals surface area (Å²) < 4.78 is 0. The first-order valence-electron chi connectivity index (χ1n) is 3.01. The Morgan fingerprint density at radius 2 is 2.00 bits per heavy atom. The maximum atomic E-state index is 10.0. The van der Waals surface area contributed by atoms with E-state index in [0.717, 1.165) is 0 Å². The van der Waals surface area contributed by atoms with E-state index in [9.17, 15) is 4.91 Å². The lowest BCUT2D eigenvalue weighted by molar-refractivity contribution is 0.401. The highest BCUT2D eigenvalue weighted by Crippen LogP contribution is 2.34. The first-order chi connectivity index (χ1) is 5.16. The van der Waals surface area contributed by atoms with Crippen LogP contribution in [0.2, 0.25) is 0 Å². The van der Waals surface area contributed by atoms with E-state index in [1.807, 2.05) is 0 Å².